The summed E-state index contributed by atoms with van der Waals surface area (Å²) in [4.78, 5) is 0. The Bertz CT molecular complexity index is 152. The molecule has 11 heavy (non-hydrogen) atoms. The van der Waals surface area contributed by atoms with E-state index in [-0.39, 0.29) is 0 Å². The lowest BCUT2D eigenvalue weighted by atomic mass is 10.6. The molecule has 64 valence electrons. The largest absolute Gasteiger partial charge is 0.260 e. The van der Waals surface area contributed by atoms with Crippen LogP contribution in [-0.4, -0.2) is 60.0 Å². The van der Waals surface area contributed by atoms with Crippen molar-refractivity contribution < 1.29 is 0 Å². The molecule has 0 radical (unpaired) electrons. The van der Waals surface area contributed by atoms with Crippen LogP contribution < -0.4 is 0 Å². The monoisotopic (exact) mass is 174 g/mol. The zero-order chi connectivity index (χ0) is 8.59. The van der Waals surface area contributed by atoms with Crippen molar-refractivity contribution in [3.63, 3.8) is 0 Å². The van der Waals surface area contributed by atoms with Gasteiger partial charge in [-0.15, -0.1) is 0 Å². The molecule has 0 spiro atoms. The topological polar surface area (TPSA) is 13.0 Å². The van der Waals surface area contributed by atoms with Crippen molar-refractivity contribution in [3.8, 4) is 0 Å². The second kappa shape index (κ2) is 2.92. The van der Waals surface area contributed by atoms with Crippen molar-refractivity contribution in [2.24, 2.45) is 0 Å². The quantitative estimate of drug-likeness (QED) is 0.536. The molecule has 5 heteroatoms. The van der Waals surface area contributed by atoms with E-state index < -0.39 is 0 Å². The average molecular weight is 174 g/mol. The molecule has 1 heterocycles. The molecule has 0 atom stereocenters. The van der Waals surface area contributed by atoms with E-state index >= 15 is 0 Å². The molecule has 1 rings (SSSR count). The third kappa shape index (κ3) is 1.45. The van der Waals surface area contributed by atoms with Crippen LogP contribution in [0.4, 0.5) is 0 Å². The summed E-state index contributed by atoms with van der Waals surface area (Å²) in [7, 11) is 7.94. The Hall–Kier alpha value is -0.390. The van der Waals surface area contributed by atoms with E-state index in [9.17, 15) is 0 Å². The summed E-state index contributed by atoms with van der Waals surface area (Å²) in [6.07, 6.45) is 0. The third-order valence-electron chi connectivity index (χ3n) is 1.68. The predicted molar refractivity (Wildman–Crippen MR) is 48.5 cm³/mol. The molecular formula is C6H14N4S. The van der Waals surface area contributed by atoms with Crippen LogP contribution in [0.3, 0.4) is 0 Å². The number of hydrogen-bond donors (Lipinski definition) is 0. The van der Waals surface area contributed by atoms with Crippen LogP contribution in [0.1, 0.15) is 0 Å². The van der Waals surface area contributed by atoms with E-state index in [1.54, 1.807) is 0 Å². The summed E-state index contributed by atoms with van der Waals surface area (Å²) < 4.78 is 0. The van der Waals surface area contributed by atoms with Gasteiger partial charge in [0.05, 0.1) is 0 Å². The van der Waals surface area contributed by atoms with Crippen molar-refractivity contribution in [1.82, 2.24) is 20.0 Å². The Morgan fingerprint density at radius 2 is 1.45 bits per heavy atom. The molecule has 4 nitrogen and oxygen atoms in total. The van der Waals surface area contributed by atoms with Crippen LogP contribution in [-0.2, 0) is 0 Å². The Labute approximate surface area is 72.9 Å². The first kappa shape index (κ1) is 8.70. The molecule has 0 aromatic heterocycles. The molecule has 0 aliphatic carbocycles. The molecule has 1 aliphatic rings. The minimum atomic E-state index is 0.860. The lowest BCUT2D eigenvalue weighted by Gasteiger charge is -2.50. The van der Waals surface area contributed by atoms with E-state index in [1.165, 1.54) is 0 Å². The highest BCUT2D eigenvalue weighted by atomic mass is 32.1. The molecule has 0 unspecified atom stereocenters. The minimum Gasteiger partial charge on any atom is -0.260 e. The van der Waals surface area contributed by atoms with Crippen LogP contribution in [0.25, 0.3) is 0 Å². The zero-order valence-corrected chi connectivity index (χ0v) is 8.22. The molecule has 1 saturated heterocycles. The van der Waals surface area contributed by atoms with Gasteiger partial charge in [-0.3, -0.25) is 10.0 Å². The lowest BCUT2D eigenvalue weighted by molar-refractivity contribution is -0.0832. The number of rotatable bonds is 2. The third-order valence-corrected chi connectivity index (χ3v) is 2.10. The molecular weight excluding hydrogens is 160 g/mol. The SMILES string of the molecule is CN(C)N1CN(N(C)C)C1=S. The Morgan fingerprint density at radius 1 is 1.09 bits per heavy atom. The van der Waals surface area contributed by atoms with Crippen LogP contribution in [0.5, 0.6) is 0 Å². The molecule has 0 saturated carbocycles. The summed E-state index contributed by atoms with van der Waals surface area (Å²) >= 11 is 5.15. The fraction of sp³-hybridized carbons (Fsp3) is 0.833. The number of thiocarbonyl (C=S) groups is 1. The van der Waals surface area contributed by atoms with Gasteiger partial charge < -0.3 is 0 Å². The number of hydrazine groups is 2. The van der Waals surface area contributed by atoms with Crippen LogP contribution in [0, 0.1) is 0 Å². The second-order valence-corrected chi connectivity index (χ2v) is 3.28. The molecule has 0 N–H and O–H groups in total. The van der Waals surface area contributed by atoms with E-state index in [1.807, 2.05) is 48.2 Å². The van der Waals surface area contributed by atoms with Gasteiger partial charge in [0.15, 0.2) is 0 Å². The fourth-order valence-corrected chi connectivity index (χ4v) is 1.34. The van der Waals surface area contributed by atoms with E-state index in [2.05, 4.69) is 0 Å². The Balaban J connectivity index is 2.45. The maximum Gasteiger partial charge on any atom is 0.204 e. The first-order valence-electron chi connectivity index (χ1n) is 3.47. The average Bonchev–Trinajstić information content (AvgIpc) is 1.82. The molecule has 0 amide bonds. The standard InChI is InChI=1S/C6H14N4S/c1-7(2)9-5-10(6(9)11)8(3)4/h5H2,1-4H3. The highest BCUT2D eigenvalue weighted by molar-refractivity contribution is 7.80. The first-order valence-corrected chi connectivity index (χ1v) is 3.88. The van der Waals surface area contributed by atoms with Crippen molar-refractivity contribution in [2.75, 3.05) is 34.9 Å². The summed E-state index contributed by atoms with van der Waals surface area (Å²) in [6, 6.07) is 0. The number of nitrogens with zero attached hydrogens (tertiary/aromatic N) is 4. The molecule has 0 aromatic carbocycles. The molecule has 1 aliphatic heterocycles. The van der Waals surface area contributed by atoms with Gasteiger partial charge in [-0.1, -0.05) is 0 Å². The van der Waals surface area contributed by atoms with Crippen LogP contribution in [0.2, 0.25) is 0 Å². The van der Waals surface area contributed by atoms with E-state index in [4.69, 9.17) is 12.2 Å². The summed E-state index contributed by atoms with van der Waals surface area (Å²) in [5.74, 6) is 0. The van der Waals surface area contributed by atoms with E-state index in [0.29, 0.717) is 0 Å². The number of hydrogen-bond acceptors (Lipinski definition) is 3. The van der Waals surface area contributed by atoms with Crippen LogP contribution in [0.15, 0.2) is 0 Å². The van der Waals surface area contributed by atoms with Gasteiger partial charge in [0.25, 0.3) is 0 Å². The van der Waals surface area contributed by atoms with Gasteiger partial charge >= 0.3 is 0 Å². The normalized spacial score (nSPS) is 18.2. The van der Waals surface area contributed by atoms with Crippen molar-refractivity contribution >= 4 is 17.3 Å². The lowest BCUT2D eigenvalue weighted by Crippen LogP contribution is -2.67. The van der Waals surface area contributed by atoms with Gasteiger partial charge in [0.1, 0.15) is 6.67 Å². The summed E-state index contributed by atoms with van der Waals surface area (Å²) in [5.41, 5.74) is 0. The minimum absolute atomic E-state index is 0.860. The highest BCUT2D eigenvalue weighted by Crippen LogP contribution is 2.14. The maximum atomic E-state index is 5.15. The van der Waals surface area contributed by atoms with Crippen LogP contribution >= 0.6 is 12.2 Å². The summed E-state index contributed by atoms with van der Waals surface area (Å²) in [6.45, 7) is 0.860. The molecule has 1 fully saturated rings. The van der Waals surface area contributed by atoms with Crippen molar-refractivity contribution in [2.45, 2.75) is 0 Å². The van der Waals surface area contributed by atoms with Crippen molar-refractivity contribution in [1.29, 1.82) is 0 Å². The van der Waals surface area contributed by atoms with E-state index in [0.717, 1.165) is 11.8 Å². The highest BCUT2D eigenvalue weighted by Gasteiger charge is 2.32. The Morgan fingerprint density at radius 3 is 1.64 bits per heavy atom. The van der Waals surface area contributed by atoms with Gasteiger partial charge in [-0.2, -0.15) is 0 Å². The smallest absolute Gasteiger partial charge is 0.204 e. The fourth-order valence-electron chi connectivity index (χ4n) is 0.898. The van der Waals surface area contributed by atoms with Gasteiger partial charge in [-0.25, -0.2) is 10.0 Å². The Kier molecular flexibility index (Phi) is 2.31. The summed E-state index contributed by atoms with van der Waals surface area (Å²) in [5, 5.41) is 8.88. The maximum absolute atomic E-state index is 5.15. The zero-order valence-electron chi connectivity index (χ0n) is 7.40. The molecule has 0 bridgehead atoms. The van der Waals surface area contributed by atoms with Gasteiger partial charge in [-0.05, 0) is 12.2 Å². The van der Waals surface area contributed by atoms with Gasteiger partial charge in [0, 0.05) is 28.2 Å². The first-order chi connectivity index (χ1) is 5.04. The molecule has 0 aromatic rings. The van der Waals surface area contributed by atoms with Crippen molar-refractivity contribution in [3.05, 3.63) is 0 Å². The second-order valence-electron chi connectivity index (χ2n) is 2.92. The predicted octanol–water partition coefficient (Wildman–Crippen LogP) is -0.200. The van der Waals surface area contributed by atoms with Gasteiger partial charge in [0.2, 0.25) is 5.11 Å².